The normalized spacial score (nSPS) is 17.2. The molecule has 0 spiro atoms. The molecule has 1 aromatic heterocycles. The smallest absolute Gasteiger partial charge is 0.246 e. The predicted molar refractivity (Wildman–Crippen MR) is 93.2 cm³/mol. The summed E-state index contributed by atoms with van der Waals surface area (Å²) in [5.74, 6) is 1.92. The quantitative estimate of drug-likeness (QED) is 0.714. The minimum Gasteiger partial charge on any atom is -0.489 e. The van der Waals surface area contributed by atoms with Crippen LogP contribution in [0.4, 0.5) is 11.9 Å². The molecule has 8 heteroatoms. The SMILES string of the molecule is CC(CN1CCN(c2n[nH]c(N)n2)CC1)Oc1ccc(S)cc1. The molecule has 124 valence electrons. The van der Waals surface area contributed by atoms with Crippen LogP contribution in [0.5, 0.6) is 5.75 Å². The van der Waals surface area contributed by atoms with Crippen LogP contribution in [-0.2, 0) is 0 Å². The Morgan fingerprint density at radius 1 is 1.26 bits per heavy atom. The van der Waals surface area contributed by atoms with Gasteiger partial charge in [0.05, 0.1) is 0 Å². The monoisotopic (exact) mass is 334 g/mol. The van der Waals surface area contributed by atoms with E-state index in [1.165, 1.54) is 0 Å². The van der Waals surface area contributed by atoms with Crippen molar-refractivity contribution < 1.29 is 4.74 Å². The van der Waals surface area contributed by atoms with E-state index in [4.69, 9.17) is 10.5 Å². The van der Waals surface area contributed by atoms with Crippen LogP contribution < -0.4 is 15.4 Å². The first kappa shape index (κ1) is 15.9. The molecule has 0 aliphatic carbocycles. The summed E-state index contributed by atoms with van der Waals surface area (Å²) in [4.78, 5) is 9.64. The fraction of sp³-hybridized carbons (Fsp3) is 0.467. The van der Waals surface area contributed by atoms with Crippen molar-refractivity contribution >= 4 is 24.5 Å². The van der Waals surface area contributed by atoms with Gasteiger partial charge in [-0.3, -0.25) is 4.90 Å². The number of aromatic nitrogens is 3. The second-order valence-corrected chi connectivity index (χ2v) is 6.25. The topological polar surface area (TPSA) is 83.3 Å². The number of nitrogens with one attached hydrogen (secondary N) is 1. The van der Waals surface area contributed by atoms with E-state index < -0.39 is 0 Å². The zero-order chi connectivity index (χ0) is 16.2. The van der Waals surface area contributed by atoms with Gasteiger partial charge in [-0.15, -0.1) is 17.7 Å². The fourth-order valence-corrected chi connectivity index (χ4v) is 2.84. The van der Waals surface area contributed by atoms with Crippen LogP contribution in [0.2, 0.25) is 0 Å². The van der Waals surface area contributed by atoms with E-state index in [0.717, 1.165) is 43.4 Å². The van der Waals surface area contributed by atoms with Crippen molar-refractivity contribution in [3.05, 3.63) is 24.3 Å². The van der Waals surface area contributed by atoms with Crippen LogP contribution in [0, 0.1) is 0 Å². The number of nitrogens with zero attached hydrogens (tertiary/aromatic N) is 4. The second-order valence-electron chi connectivity index (χ2n) is 5.73. The first-order valence-corrected chi connectivity index (χ1v) is 8.16. The molecule has 3 N–H and O–H groups in total. The van der Waals surface area contributed by atoms with Gasteiger partial charge < -0.3 is 15.4 Å². The maximum Gasteiger partial charge on any atom is 0.246 e. The molecule has 1 aliphatic heterocycles. The van der Waals surface area contributed by atoms with Crippen LogP contribution in [0.3, 0.4) is 0 Å². The van der Waals surface area contributed by atoms with Crippen molar-refractivity contribution in [2.24, 2.45) is 0 Å². The molecule has 0 bridgehead atoms. The maximum atomic E-state index is 5.95. The third-order valence-corrected chi connectivity index (χ3v) is 4.13. The second kappa shape index (κ2) is 7.10. The number of H-pyrrole nitrogens is 1. The Labute approximate surface area is 141 Å². The van der Waals surface area contributed by atoms with E-state index in [0.29, 0.717) is 11.9 Å². The van der Waals surface area contributed by atoms with E-state index in [1.54, 1.807) is 0 Å². The standard InChI is InChI=1S/C15H22N6OS/c1-11(22-12-2-4-13(23)5-3-12)10-20-6-8-21(9-7-20)15-17-14(16)18-19-15/h2-5,11,23H,6-10H2,1H3,(H3,16,17,18,19). The summed E-state index contributed by atoms with van der Waals surface area (Å²) in [5, 5.41) is 6.78. The lowest BCUT2D eigenvalue weighted by atomic mass is 10.2. The van der Waals surface area contributed by atoms with Gasteiger partial charge in [0.25, 0.3) is 0 Å². The highest BCUT2D eigenvalue weighted by molar-refractivity contribution is 7.80. The van der Waals surface area contributed by atoms with E-state index in [1.807, 2.05) is 24.3 Å². The third kappa shape index (κ3) is 4.29. The molecule has 3 rings (SSSR count). The van der Waals surface area contributed by atoms with Gasteiger partial charge in [0.1, 0.15) is 11.9 Å². The highest BCUT2D eigenvalue weighted by Gasteiger charge is 2.21. The number of nitrogen functional groups attached to an aromatic ring is 1. The summed E-state index contributed by atoms with van der Waals surface area (Å²) in [5.41, 5.74) is 5.57. The fourth-order valence-electron chi connectivity index (χ4n) is 2.69. The van der Waals surface area contributed by atoms with Crippen LogP contribution in [-0.4, -0.2) is 58.9 Å². The highest BCUT2D eigenvalue weighted by atomic mass is 32.1. The predicted octanol–water partition coefficient (Wildman–Crippen LogP) is 1.27. The Hall–Kier alpha value is -1.93. The van der Waals surface area contributed by atoms with Gasteiger partial charge in [-0.25, -0.2) is 5.10 Å². The van der Waals surface area contributed by atoms with E-state index in [9.17, 15) is 0 Å². The first-order chi connectivity index (χ1) is 11.1. The average Bonchev–Trinajstić information content (AvgIpc) is 2.97. The molecule has 1 saturated heterocycles. The van der Waals surface area contributed by atoms with Gasteiger partial charge in [-0.1, -0.05) is 0 Å². The highest BCUT2D eigenvalue weighted by Crippen LogP contribution is 2.17. The lowest BCUT2D eigenvalue weighted by Crippen LogP contribution is -2.49. The number of hydrogen-bond acceptors (Lipinski definition) is 7. The van der Waals surface area contributed by atoms with Gasteiger partial charge in [0, 0.05) is 37.6 Å². The number of benzene rings is 1. The van der Waals surface area contributed by atoms with Crippen molar-refractivity contribution in [2.45, 2.75) is 17.9 Å². The van der Waals surface area contributed by atoms with E-state index in [2.05, 4.69) is 44.5 Å². The van der Waals surface area contributed by atoms with Crippen LogP contribution in [0.1, 0.15) is 6.92 Å². The lowest BCUT2D eigenvalue weighted by Gasteiger charge is -2.35. The lowest BCUT2D eigenvalue weighted by molar-refractivity contribution is 0.140. The Morgan fingerprint density at radius 3 is 2.57 bits per heavy atom. The van der Waals surface area contributed by atoms with Crippen molar-refractivity contribution in [1.29, 1.82) is 0 Å². The molecule has 1 fully saturated rings. The zero-order valence-corrected chi connectivity index (χ0v) is 14.0. The Bertz CT molecular complexity index is 623. The number of aromatic amines is 1. The summed E-state index contributed by atoms with van der Waals surface area (Å²) in [7, 11) is 0. The third-order valence-electron chi connectivity index (χ3n) is 3.84. The number of rotatable bonds is 5. The summed E-state index contributed by atoms with van der Waals surface area (Å²) in [6.45, 7) is 6.68. The maximum absolute atomic E-state index is 5.95. The summed E-state index contributed by atoms with van der Waals surface area (Å²) in [6, 6.07) is 7.77. The van der Waals surface area contributed by atoms with Crippen molar-refractivity contribution in [3.63, 3.8) is 0 Å². The van der Waals surface area contributed by atoms with E-state index >= 15 is 0 Å². The molecule has 1 unspecified atom stereocenters. The van der Waals surface area contributed by atoms with Crippen LogP contribution in [0.25, 0.3) is 0 Å². The van der Waals surface area contributed by atoms with Gasteiger partial charge in [0.2, 0.25) is 11.9 Å². The van der Waals surface area contributed by atoms with Crippen molar-refractivity contribution in [3.8, 4) is 5.75 Å². The van der Waals surface area contributed by atoms with Gasteiger partial charge in [0.15, 0.2) is 0 Å². The largest absolute Gasteiger partial charge is 0.489 e. The molecule has 0 saturated carbocycles. The number of anilines is 2. The zero-order valence-electron chi connectivity index (χ0n) is 13.1. The average molecular weight is 334 g/mol. The van der Waals surface area contributed by atoms with Gasteiger partial charge in [-0.2, -0.15) is 4.98 Å². The first-order valence-electron chi connectivity index (χ1n) is 7.71. The molecule has 1 aliphatic rings. The van der Waals surface area contributed by atoms with Crippen molar-refractivity contribution in [1.82, 2.24) is 20.1 Å². The molecular weight excluding hydrogens is 312 g/mol. The summed E-state index contributed by atoms with van der Waals surface area (Å²) >= 11 is 4.28. The summed E-state index contributed by atoms with van der Waals surface area (Å²) in [6.07, 6.45) is 0.131. The number of ether oxygens (including phenoxy) is 1. The minimum absolute atomic E-state index is 0.131. The van der Waals surface area contributed by atoms with Gasteiger partial charge in [-0.05, 0) is 31.2 Å². The Morgan fingerprint density at radius 2 is 1.96 bits per heavy atom. The molecule has 0 radical (unpaired) electrons. The Kier molecular flexibility index (Phi) is 4.92. The minimum atomic E-state index is 0.131. The molecule has 23 heavy (non-hydrogen) atoms. The molecule has 1 atom stereocenters. The van der Waals surface area contributed by atoms with Gasteiger partial charge >= 0.3 is 0 Å². The van der Waals surface area contributed by atoms with Crippen LogP contribution in [0.15, 0.2) is 29.2 Å². The molecule has 2 aromatic rings. The van der Waals surface area contributed by atoms with Crippen molar-refractivity contribution in [2.75, 3.05) is 43.4 Å². The molecule has 1 aromatic carbocycles. The molecule has 2 heterocycles. The van der Waals surface area contributed by atoms with E-state index in [-0.39, 0.29) is 6.10 Å². The molecular formula is C15H22N6OS. The number of piperazine rings is 1. The molecule has 7 nitrogen and oxygen atoms in total. The molecule has 0 amide bonds. The number of thiol groups is 1. The van der Waals surface area contributed by atoms with Crippen LogP contribution >= 0.6 is 12.6 Å². The summed E-state index contributed by atoms with van der Waals surface area (Å²) < 4.78 is 5.95. The number of hydrogen-bond donors (Lipinski definition) is 3. The Balaban J connectivity index is 1.45. The number of nitrogens with two attached hydrogens (primary N) is 1.